The molecule has 1 N–H and O–H groups in total. The van der Waals surface area contributed by atoms with Crippen LogP contribution in [0.4, 0.5) is 19.3 Å². The zero-order valence-corrected chi connectivity index (χ0v) is 19.3. The smallest absolute Gasteiger partial charge is 0.409 e. The second-order valence-corrected chi connectivity index (χ2v) is 9.66. The number of nitrogens with zero attached hydrogens (tertiary/aromatic N) is 4. The lowest BCUT2D eigenvalue weighted by atomic mass is 9.78. The molecular weight excluding hydrogens is 442 g/mol. The lowest BCUT2D eigenvalue weighted by Gasteiger charge is -2.48. The van der Waals surface area contributed by atoms with Crippen molar-refractivity contribution in [1.29, 1.82) is 0 Å². The maximum Gasteiger partial charge on any atom is 0.409 e. The molecule has 1 saturated carbocycles. The molecular formula is C25H30F2N4O3. The zero-order chi connectivity index (χ0) is 23.9. The summed E-state index contributed by atoms with van der Waals surface area (Å²) in [5, 5.41) is 9.79. The molecule has 2 aliphatic heterocycles. The molecule has 0 bridgehead atoms. The number of carbonyl (C=O) groups is 1. The molecule has 1 aromatic carbocycles. The molecule has 3 heterocycles. The summed E-state index contributed by atoms with van der Waals surface area (Å²) in [5.74, 6) is -1.58. The number of halogens is 2. The number of likely N-dealkylation sites (tertiary alicyclic amines) is 1. The van der Waals surface area contributed by atoms with Gasteiger partial charge in [0.05, 0.1) is 24.2 Å². The van der Waals surface area contributed by atoms with Gasteiger partial charge in [-0.3, -0.25) is 9.88 Å². The number of carbonyl (C=O) groups excluding carboxylic acids is 1. The number of hydrogen-bond donors (Lipinski definition) is 1. The topological polar surface area (TPSA) is 69.1 Å². The first-order valence-corrected chi connectivity index (χ1v) is 11.9. The highest BCUT2D eigenvalue weighted by atomic mass is 19.1. The Balaban J connectivity index is 1.22. The molecule has 1 spiro atoms. The highest BCUT2D eigenvalue weighted by Gasteiger charge is 2.51. The molecule has 182 valence electrons. The first kappa shape index (κ1) is 22.8. The second kappa shape index (κ2) is 9.02. The quantitative estimate of drug-likeness (QED) is 0.729. The predicted octanol–water partition coefficient (Wildman–Crippen LogP) is 3.87. The largest absolute Gasteiger partial charge is 0.505 e. The average molecular weight is 473 g/mol. The van der Waals surface area contributed by atoms with Crippen LogP contribution in [0.5, 0.6) is 5.75 Å². The van der Waals surface area contributed by atoms with E-state index in [2.05, 4.69) is 14.8 Å². The Morgan fingerprint density at radius 3 is 2.68 bits per heavy atom. The van der Waals surface area contributed by atoms with Crippen LogP contribution in [-0.2, 0) is 4.74 Å². The third kappa shape index (κ3) is 4.29. The number of aromatic hydroxyl groups is 1. The number of phenolic OH excluding ortho intramolecular Hbond substituents is 1. The molecule has 7 nitrogen and oxygen atoms in total. The number of rotatable bonds is 4. The van der Waals surface area contributed by atoms with E-state index in [9.17, 15) is 18.7 Å². The third-order valence-corrected chi connectivity index (χ3v) is 7.48. The van der Waals surface area contributed by atoms with E-state index in [1.54, 1.807) is 11.0 Å². The van der Waals surface area contributed by atoms with Crippen molar-refractivity contribution in [2.24, 2.45) is 5.41 Å². The lowest BCUT2D eigenvalue weighted by Crippen LogP contribution is -2.58. The zero-order valence-electron chi connectivity index (χ0n) is 19.3. The van der Waals surface area contributed by atoms with Crippen molar-refractivity contribution in [3.63, 3.8) is 0 Å². The minimum atomic E-state index is -0.702. The maximum absolute atomic E-state index is 14.1. The molecule has 2 saturated heterocycles. The van der Waals surface area contributed by atoms with Crippen molar-refractivity contribution >= 4 is 11.8 Å². The standard InChI is InChI=1S/C25H30F2N4O3/c1-2-34-24(33)31-15-25(16-31)6-5-19(13-25)29-7-9-30(10-8-29)21-12-18(26)14-28-23(21)17-3-4-20(27)22(32)11-17/h3-4,11-12,14,19,32H,2,5-10,13,15-16H2,1H3/t19-/m1/s1. The Morgan fingerprint density at radius 2 is 1.97 bits per heavy atom. The van der Waals surface area contributed by atoms with E-state index in [4.69, 9.17) is 4.74 Å². The van der Waals surface area contributed by atoms with Crippen LogP contribution in [0, 0.1) is 17.0 Å². The van der Waals surface area contributed by atoms with Crippen LogP contribution in [0.1, 0.15) is 26.2 Å². The Bertz CT molecular complexity index is 1070. The molecule has 2 aromatic rings. The van der Waals surface area contributed by atoms with Gasteiger partial charge in [0, 0.05) is 62.4 Å². The van der Waals surface area contributed by atoms with Gasteiger partial charge < -0.3 is 19.6 Å². The van der Waals surface area contributed by atoms with E-state index in [1.165, 1.54) is 18.2 Å². The summed E-state index contributed by atoms with van der Waals surface area (Å²) in [4.78, 5) is 22.6. The van der Waals surface area contributed by atoms with Gasteiger partial charge in [-0.05, 0) is 44.4 Å². The van der Waals surface area contributed by atoms with Crippen molar-refractivity contribution in [2.75, 3.05) is 50.8 Å². The monoisotopic (exact) mass is 472 g/mol. The number of benzene rings is 1. The minimum Gasteiger partial charge on any atom is -0.505 e. The summed E-state index contributed by atoms with van der Waals surface area (Å²) in [6.07, 6.45) is 4.27. The highest BCUT2D eigenvalue weighted by molar-refractivity contribution is 5.76. The van der Waals surface area contributed by atoms with Crippen LogP contribution in [0.25, 0.3) is 11.3 Å². The van der Waals surface area contributed by atoms with Gasteiger partial charge in [0.15, 0.2) is 11.6 Å². The molecule has 9 heteroatoms. The predicted molar refractivity (Wildman–Crippen MR) is 124 cm³/mol. The van der Waals surface area contributed by atoms with E-state index in [-0.39, 0.29) is 11.5 Å². The summed E-state index contributed by atoms with van der Waals surface area (Å²) in [5.41, 5.74) is 1.94. The summed E-state index contributed by atoms with van der Waals surface area (Å²) < 4.78 is 32.8. The first-order chi connectivity index (χ1) is 16.4. The van der Waals surface area contributed by atoms with Gasteiger partial charge in [0.1, 0.15) is 5.82 Å². The van der Waals surface area contributed by atoms with Crippen LogP contribution in [0.15, 0.2) is 30.5 Å². The van der Waals surface area contributed by atoms with E-state index < -0.39 is 17.4 Å². The van der Waals surface area contributed by atoms with E-state index in [1.807, 2.05) is 6.92 Å². The number of anilines is 1. The molecule has 0 unspecified atom stereocenters. The van der Waals surface area contributed by atoms with Crippen molar-refractivity contribution in [2.45, 2.75) is 32.2 Å². The first-order valence-electron chi connectivity index (χ1n) is 11.9. The summed E-state index contributed by atoms with van der Waals surface area (Å²) >= 11 is 0. The minimum absolute atomic E-state index is 0.209. The van der Waals surface area contributed by atoms with Crippen molar-refractivity contribution in [3.05, 3.63) is 42.1 Å². The molecule has 1 amide bonds. The van der Waals surface area contributed by atoms with Crippen LogP contribution in [-0.4, -0.2) is 77.9 Å². The number of amides is 1. The molecule has 1 aromatic heterocycles. The fourth-order valence-corrected chi connectivity index (χ4v) is 5.76. The fraction of sp³-hybridized carbons (Fsp3) is 0.520. The number of hydrogen-bond acceptors (Lipinski definition) is 6. The number of phenols is 1. The lowest BCUT2D eigenvalue weighted by molar-refractivity contribution is -0.00294. The molecule has 3 aliphatic rings. The number of pyridine rings is 1. The van der Waals surface area contributed by atoms with Gasteiger partial charge in [0.25, 0.3) is 0 Å². The Hall–Kier alpha value is -2.94. The van der Waals surface area contributed by atoms with Crippen LogP contribution >= 0.6 is 0 Å². The third-order valence-electron chi connectivity index (χ3n) is 7.48. The van der Waals surface area contributed by atoms with Crippen molar-refractivity contribution < 1.29 is 23.4 Å². The second-order valence-electron chi connectivity index (χ2n) is 9.66. The Kier molecular flexibility index (Phi) is 6.06. The van der Waals surface area contributed by atoms with Gasteiger partial charge in [0.2, 0.25) is 0 Å². The van der Waals surface area contributed by atoms with Gasteiger partial charge in [-0.2, -0.15) is 0 Å². The molecule has 1 atom stereocenters. The maximum atomic E-state index is 14.1. The number of aromatic nitrogens is 1. The van der Waals surface area contributed by atoms with Gasteiger partial charge in [-0.25, -0.2) is 13.6 Å². The number of piperazine rings is 1. The average Bonchev–Trinajstić information content (AvgIpc) is 3.26. The highest BCUT2D eigenvalue weighted by Crippen LogP contribution is 2.47. The molecule has 0 radical (unpaired) electrons. The summed E-state index contributed by atoms with van der Waals surface area (Å²) in [6, 6.07) is 6.01. The molecule has 5 rings (SSSR count). The summed E-state index contributed by atoms with van der Waals surface area (Å²) in [6.45, 7) is 6.95. The summed E-state index contributed by atoms with van der Waals surface area (Å²) in [7, 11) is 0. The SMILES string of the molecule is CCOC(=O)N1CC2(CC[C@@H](N3CCN(c4cc(F)cnc4-c4ccc(F)c(O)c4)CC3)C2)C1. The van der Waals surface area contributed by atoms with Gasteiger partial charge in [-0.1, -0.05) is 0 Å². The number of ether oxygens (including phenoxy) is 1. The van der Waals surface area contributed by atoms with Gasteiger partial charge >= 0.3 is 6.09 Å². The van der Waals surface area contributed by atoms with Crippen molar-refractivity contribution in [3.8, 4) is 17.0 Å². The Morgan fingerprint density at radius 1 is 1.21 bits per heavy atom. The van der Waals surface area contributed by atoms with E-state index >= 15 is 0 Å². The molecule has 1 aliphatic carbocycles. The molecule has 3 fully saturated rings. The Labute approximate surface area is 197 Å². The van der Waals surface area contributed by atoms with E-state index in [0.29, 0.717) is 29.6 Å². The fourth-order valence-electron chi connectivity index (χ4n) is 5.76. The van der Waals surface area contributed by atoms with Crippen LogP contribution < -0.4 is 4.90 Å². The van der Waals surface area contributed by atoms with Crippen LogP contribution in [0.3, 0.4) is 0 Å². The normalized spacial score (nSPS) is 22.1. The van der Waals surface area contributed by atoms with Crippen molar-refractivity contribution in [1.82, 2.24) is 14.8 Å². The van der Waals surface area contributed by atoms with Crippen LogP contribution in [0.2, 0.25) is 0 Å². The van der Waals surface area contributed by atoms with Gasteiger partial charge in [-0.15, -0.1) is 0 Å². The van der Waals surface area contributed by atoms with E-state index in [0.717, 1.165) is 64.7 Å². The molecule has 34 heavy (non-hydrogen) atoms.